The van der Waals surface area contributed by atoms with E-state index in [1.54, 1.807) is 24.4 Å². The first-order valence-electron chi connectivity index (χ1n) is 25.8. The number of aliphatic hydroxyl groups is 1. The molecule has 5 fully saturated rings. The lowest BCUT2D eigenvalue weighted by Crippen LogP contribution is -2.55. The number of nitrogens with one attached hydrogen (secondary N) is 3. The van der Waals surface area contributed by atoms with Gasteiger partial charge >= 0.3 is 0 Å². The van der Waals surface area contributed by atoms with Gasteiger partial charge in [-0.25, -0.2) is 13.1 Å². The lowest BCUT2D eigenvalue weighted by atomic mass is 9.59. The third-order valence-electron chi connectivity index (χ3n) is 16.7. The number of carbonyl (C=O) groups is 1. The van der Waals surface area contributed by atoms with Crippen molar-refractivity contribution in [1.29, 1.82) is 0 Å². The van der Waals surface area contributed by atoms with Gasteiger partial charge in [-0.1, -0.05) is 38.1 Å². The van der Waals surface area contributed by atoms with Crippen LogP contribution >= 0.6 is 0 Å². The number of sulfonamides is 1. The second-order valence-electron chi connectivity index (χ2n) is 22.1. The van der Waals surface area contributed by atoms with Crippen LogP contribution in [0.4, 0.5) is 17.1 Å². The highest BCUT2D eigenvalue weighted by Crippen LogP contribution is 2.55. The molecule has 0 unspecified atom stereocenters. The molecule has 17 nitrogen and oxygen atoms in total. The van der Waals surface area contributed by atoms with E-state index < -0.39 is 37.0 Å². The van der Waals surface area contributed by atoms with Crippen molar-refractivity contribution in [2.75, 3.05) is 56.6 Å². The first kappa shape index (κ1) is 48.3. The van der Waals surface area contributed by atoms with Crippen molar-refractivity contribution < 1.29 is 37.5 Å². The number of hydrogen-bond acceptors (Lipinski definition) is 14. The van der Waals surface area contributed by atoms with E-state index in [0.29, 0.717) is 62.4 Å². The summed E-state index contributed by atoms with van der Waals surface area (Å²) < 4.78 is 49.6. The molecule has 2 atom stereocenters. The fraction of sp³-hybridized carbons (Fsp3) is 0.519. The number of likely N-dealkylation sites (N-methyl/N-ethyl adjacent to an activating group) is 1. The van der Waals surface area contributed by atoms with Crippen LogP contribution in [0.3, 0.4) is 0 Å². The van der Waals surface area contributed by atoms with Crippen LogP contribution in [0.2, 0.25) is 0 Å². The quantitative estimate of drug-likeness (QED) is 0.0643. The maximum atomic E-state index is 14.4. The number of rotatable bonds is 13. The Kier molecular flexibility index (Phi) is 12.6. The molecule has 18 heteroatoms. The maximum Gasteiger partial charge on any atom is 0.297 e. The average Bonchev–Trinajstić information content (AvgIpc) is 4.02. The standard InChI is InChI=1S/C54H66N8O9S/c1-33(2)40-8-5-6-9-41(40)44-10-7-21-61(44)37-28-54(29-37)18-22-60(23-19-54)36-11-12-42(46(25-36)71-48-24-35-15-20-55-50(35)57-52(48)70-38-30-59(4)31-38)51(63)58-72(67,68)39-26-45(62(65)66)49-47(27-39)69-32-43(56-49)34-13-16-53(3,64)17-14-34/h5-6,8-9,11-12,15,20,24-27,33-34,37-38,43-44,56,64H,7,10,13-14,16-19,21-23,28-32H2,1-4H3,(H,55,57)(H,58,63)/t34-,43-,44-,53-/m1/s1. The number of likely N-dealkylation sites (tertiary alicyclic amines) is 2. The van der Waals surface area contributed by atoms with Gasteiger partial charge in [-0.2, -0.15) is 4.98 Å². The summed E-state index contributed by atoms with van der Waals surface area (Å²) in [5, 5.41) is 27.0. The number of H-pyrrole nitrogens is 1. The number of pyridine rings is 1. The summed E-state index contributed by atoms with van der Waals surface area (Å²) in [6.07, 6.45) is 11.1. The highest BCUT2D eigenvalue weighted by atomic mass is 32.2. The second kappa shape index (κ2) is 18.8. The summed E-state index contributed by atoms with van der Waals surface area (Å²) in [5.74, 6) is 0.167. The monoisotopic (exact) mass is 1000 g/mol. The van der Waals surface area contributed by atoms with Gasteiger partial charge in [0.1, 0.15) is 24.1 Å². The van der Waals surface area contributed by atoms with Gasteiger partial charge in [0.15, 0.2) is 17.2 Å². The number of nitro groups is 1. The Morgan fingerprint density at radius 1 is 0.986 bits per heavy atom. The van der Waals surface area contributed by atoms with Gasteiger partial charge < -0.3 is 34.5 Å². The number of amides is 1. The van der Waals surface area contributed by atoms with Crippen molar-refractivity contribution >= 4 is 44.0 Å². The zero-order chi connectivity index (χ0) is 50.1. The van der Waals surface area contributed by atoms with Crippen molar-refractivity contribution in [3.05, 3.63) is 99.7 Å². The number of aromatic nitrogens is 2. The largest absolute Gasteiger partial charge is 0.489 e. The van der Waals surface area contributed by atoms with Crippen LogP contribution in [0, 0.1) is 21.4 Å². The Morgan fingerprint density at radius 2 is 1.75 bits per heavy atom. The number of aromatic amines is 1. The zero-order valence-corrected chi connectivity index (χ0v) is 42.4. The number of piperidine rings is 1. The van der Waals surface area contributed by atoms with Crippen molar-refractivity contribution in [3.8, 4) is 23.1 Å². The number of anilines is 2. The molecule has 4 aliphatic heterocycles. The van der Waals surface area contributed by atoms with E-state index in [0.717, 1.165) is 49.6 Å². The lowest BCUT2D eigenvalue weighted by Gasteiger charge is -2.56. The van der Waals surface area contributed by atoms with Gasteiger partial charge in [0.2, 0.25) is 0 Å². The van der Waals surface area contributed by atoms with Gasteiger partial charge in [-0.05, 0) is 137 Å². The van der Waals surface area contributed by atoms with Crippen LogP contribution in [0.5, 0.6) is 23.1 Å². The van der Waals surface area contributed by atoms with Crippen LogP contribution in [-0.4, -0.2) is 114 Å². The average molecular weight is 1000 g/mol. The highest BCUT2D eigenvalue weighted by molar-refractivity contribution is 7.90. The minimum Gasteiger partial charge on any atom is -0.489 e. The summed E-state index contributed by atoms with van der Waals surface area (Å²) in [6.45, 7) is 10.7. The lowest BCUT2D eigenvalue weighted by molar-refractivity contribution is -0.384. The van der Waals surface area contributed by atoms with E-state index in [2.05, 4.69) is 67.8 Å². The molecule has 1 spiro atoms. The van der Waals surface area contributed by atoms with Crippen molar-refractivity contribution in [3.63, 3.8) is 0 Å². The molecule has 4 N–H and O–H groups in total. The number of hydrogen-bond donors (Lipinski definition) is 4. The van der Waals surface area contributed by atoms with E-state index in [4.69, 9.17) is 19.2 Å². The molecule has 2 saturated carbocycles. The van der Waals surface area contributed by atoms with Crippen LogP contribution in [0.15, 0.2) is 77.8 Å². The number of carbonyl (C=O) groups excluding carboxylic acids is 1. The van der Waals surface area contributed by atoms with E-state index in [1.165, 1.54) is 42.9 Å². The Hall–Kier alpha value is -5.95. The Bertz CT molecular complexity index is 2980. The molecular formula is C54H66N8O9S. The summed E-state index contributed by atoms with van der Waals surface area (Å²) in [7, 11) is -2.71. The number of nitro benzene ring substituents is 1. The summed E-state index contributed by atoms with van der Waals surface area (Å²) >= 11 is 0. The molecule has 6 heterocycles. The van der Waals surface area contributed by atoms with E-state index in [1.807, 2.05) is 26.1 Å². The SMILES string of the molecule is CC(C)c1ccccc1[C@H]1CCCN1C1CC2(CCN(c3ccc(C(=O)NS(=O)(=O)c4cc5c(c([N+](=O)[O-])c4)N[C@@H]([C@H]4CC[C@](C)(O)CC4)CO5)c(Oc4cc5cc[nH]c5nc4OC4CN(C)C4)c3)CC2)C1. The van der Waals surface area contributed by atoms with Gasteiger partial charge in [-0.15, -0.1) is 0 Å². The molecule has 0 bridgehead atoms. The van der Waals surface area contributed by atoms with Gasteiger partial charge in [-0.3, -0.25) is 24.7 Å². The molecule has 3 aromatic carbocycles. The van der Waals surface area contributed by atoms with Crippen LogP contribution in [-0.2, 0) is 10.0 Å². The molecule has 0 radical (unpaired) electrons. The minimum absolute atomic E-state index is 0.00400. The normalized spacial score (nSPS) is 24.8. The number of ether oxygens (including phenoxy) is 3. The molecule has 5 aromatic rings. The smallest absolute Gasteiger partial charge is 0.297 e. The third kappa shape index (κ3) is 9.46. The van der Waals surface area contributed by atoms with Crippen LogP contribution < -0.4 is 29.1 Å². The highest BCUT2D eigenvalue weighted by Gasteiger charge is 2.50. The number of nitrogens with zero attached hydrogens (tertiary/aromatic N) is 5. The van der Waals surface area contributed by atoms with Crippen molar-refractivity contribution in [2.24, 2.45) is 11.3 Å². The summed E-state index contributed by atoms with van der Waals surface area (Å²) in [6, 6.07) is 20.7. The predicted octanol–water partition coefficient (Wildman–Crippen LogP) is 8.90. The molecule has 382 valence electrons. The molecule has 6 aliphatic rings. The Balaban J connectivity index is 0.841. The molecule has 72 heavy (non-hydrogen) atoms. The van der Waals surface area contributed by atoms with Crippen molar-refractivity contribution in [2.45, 2.75) is 126 Å². The Morgan fingerprint density at radius 3 is 2.49 bits per heavy atom. The maximum absolute atomic E-state index is 14.4. The molecule has 2 aliphatic carbocycles. The third-order valence-corrected chi connectivity index (χ3v) is 18.0. The zero-order valence-electron chi connectivity index (χ0n) is 41.6. The van der Waals surface area contributed by atoms with E-state index in [9.17, 15) is 28.4 Å². The first-order valence-corrected chi connectivity index (χ1v) is 27.2. The summed E-state index contributed by atoms with van der Waals surface area (Å²) in [4.78, 5) is 40.9. The number of fused-ring (bicyclic) bond motifs is 2. The van der Waals surface area contributed by atoms with Gasteiger partial charge in [0.25, 0.3) is 27.5 Å². The minimum atomic E-state index is -4.71. The molecule has 1 amide bonds. The van der Waals surface area contributed by atoms with Crippen molar-refractivity contribution in [1.82, 2.24) is 24.5 Å². The topological polar surface area (TPSA) is 205 Å². The number of benzene rings is 3. The van der Waals surface area contributed by atoms with Gasteiger partial charge in [0.05, 0.1) is 27.0 Å². The van der Waals surface area contributed by atoms with E-state index in [-0.39, 0.29) is 64.5 Å². The van der Waals surface area contributed by atoms with Crippen LogP contribution in [0.25, 0.3) is 11.0 Å². The molecule has 11 rings (SSSR count). The van der Waals surface area contributed by atoms with Gasteiger partial charge in [0, 0.05) is 73.7 Å². The molecular weight excluding hydrogens is 937 g/mol. The molecule has 3 saturated heterocycles. The molecule has 2 aromatic heterocycles. The first-order chi connectivity index (χ1) is 34.5. The van der Waals surface area contributed by atoms with Crippen LogP contribution in [0.1, 0.15) is 118 Å². The fourth-order valence-corrected chi connectivity index (χ4v) is 13.5. The second-order valence-corrected chi connectivity index (χ2v) is 23.8. The fourth-order valence-electron chi connectivity index (χ4n) is 12.5. The predicted molar refractivity (Wildman–Crippen MR) is 274 cm³/mol. The van der Waals surface area contributed by atoms with E-state index >= 15 is 0 Å². The summed E-state index contributed by atoms with van der Waals surface area (Å²) in [5.41, 5.74) is 3.40. The Labute approximate surface area is 420 Å².